The molecule has 0 amide bonds. The van der Waals surface area contributed by atoms with Crippen molar-refractivity contribution in [3.63, 3.8) is 0 Å². The summed E-state index contributed by atoms with van der Waals surface area (Å²) in [7, 11) is 0. The van der Waals surface area contributed by atoms with E-state index in [4.69, 9.17) is 4.74 Å². The summed E-state index contributed by atoms with van der Waals surface area (Å²) in [5, 5.41) is 0. The molecule has 1 heterocycles. The Kier molecular flexibility index (Phi) is 5.03. The molecule has 0 N–H and O–H groups in total. The van der Waals surface area contributed by atoms with Crippen LogP contribution in [0.2, 0.25) is 0 Å². The van der Waals surface area contributed by atoms with Crippen molar-refractivity contribution in [3.8, 4) is 0 Å². The molecule has 1 atom stereocenters. The Hall–Kier alpha value is -2.20. The van der Waals surface area contributed by atoms with Gasteiger partial charge in [0.25, 0.3) is 0 Å². The van der Waals surface area contributed by atoms with Crippen molar-refractivity contribution in [2.45, 2.75) is 13.0 Å². The Labute approximate surface area is 143 Å². The molecule has 0 bridgehead atoms. The average Bonchev–Trinajstić information content (AvgIpc) is 2.60. The summed E-state index contributed by atoms with van der Waals surface area (Å²) in [5.74, 6) is 0.103. The smallest absolute Gasteiger partial charge is 0.231 e. The third-order valence-corrected chi connectivity index (χ3v) is 4.36. The topological polar surface area (TPSA) is 38.7 Å². The van der Waals surface area contributed by atoms with E-state index in [-0.39, 0.29) is 11.7 Å². The molecule has 3 rings (SSSR count). The van der Waals surface area contributed by atoms with Crippen molar-refractivity contribution >= 4 is 27.9 Å². The fourth-order valence-corrected chi connectivity index (χ4v) is 2.90. The summed E-state index contributed by atoms with van der Waals surface area (Å²) in [6.07, 6.45) is 2.32. The molecular weight excluding hydrogens is 354 g/mol. The van der Waals surface area contributed by atoms with Gasteiger partial charge in [-0.25, -0.2) is 4.99 Å². The minimum Gasteiger partial charge on any atom is -0.472 e. The van der Waals surface area contributed by atoms with Crippen molar-refractivity contribution in [1.29, 1.82) is 0 Å². The van der Waals surface area contributed by atoms with Crippen molar-refractivity contribution in [2.75, 3.05) is 0 Å². The summed E-state index contributed by atoms with van der Waals surface area (Å²) in [6, 6.07) is 19.7. The van der Waals surface area contributed by atoms with Gasteiger partial charge < -0.3 is 4.74 Å². The van der Waals surface area contributed by atoms with Crippen LogP contribution in [0.4, 0.5) is 0 Å². The molecule has 2 aromatic carbocycles. The first-order valence-corrected chi connectivity index (χ1v) is 8.22. The van der Waals surface area contributed by atoms with E-state index in [9.17, 15) is 4.79 Å². The van der Waals surface area contributed by atoms with E-state index in [1.165, 1.54) is 0 Å². The minimum absolute atomic E-state index is 0.00640. The van der Waals surface area contributed by atoms with Gasteiger partial charge in [-0.2, -0.15) is 0 Å². The van der Waals surface area contributed by atoms with Crippen molar-refractivity contribution in [1.82, 2.24) is 0 Å². The van der Waals surface area contributed by atoms with Crippen LogP contribution in [0.25, 0.3) is 0 Å². The van der Waals surface area contributed by atoms with Crippen LogP contribution in [0.5, 0.6) is 0 Å². The molecule has 0 aromatic heterocycles. The summed E-state index contributed by atoms with van der Waals surface area (Å²) >= 11 is 3.34. The summed E-state index contributed by atoms with van der Waals surface area (Å²) in [6.45, 7) is 0.388. The molecule has 0 saturated heterocycles. The van der Waals surface area contributed by atoms with E-state index >= 15 is 0 Å². The van der Waals surface area contributed by atoms with Crippen LogP contribution in [0.3, 0.4) is 0 Å². The normalized spacial score (nSPS) is 17.4. The zero-order valence-corrected chi connectivity index (χ0v) is 14.1. The fourth-order valence-electron chi connectivity index (χ4n) is 2.39. The van der Waals surface area contributed by atoms with E-state index in [1.807, 2.05) is 60.7 Å². The molecule has 2 aromatic rings. The first-order chi connectivity index (χ1) is 11.2. The molecule has 0 fully saturated rings. The third-order valence-electron chi connectivity index (χ3n) is 3.63. The molecule has 0 spiro atoms. The average molecular weight is 370 g/mol. The Balaban J connectivity index is 1.66. The lowest BCUT2D eigenvalue weighted by Crippen LogP contribution is -2.23. The van der Waals surface area contributed by atoms with E-state index in [0.29, 0.717) is 23.4 Å². The zero-order valence-electron chi connectivity index (χ0n) is 12.5. The second-order valence-electron chi connectivity index (χ2n) is 5.33. The summed E-state index contributed by atoms with van der Waals surface area (Å²) in [4.78, 5) is 16.8. The number of hydrogen-bond donors (Lipinski definition) is 0. The third kappa shape index (κ3) is 3.96. The molecule has 0 radical (unpaired) electrons. The van der Waals surface area contributed by atoms with Crippen LogP contribution in [0.15, 0.2) is 76.0 Å². The molecule has 4 heteroatoms. The highest BCUT2D eigenvalue weighted by Crippen LogP contribution is 2.26. The first kappa shape index (κ1) is 15.7. The van der Waals surface area contributed by atoms with E-state index < -0.39 is 0 Å². The molecule has 1 aliphatic heterocycles. The quantitative estimate of drug-likeness (QED) is 0.788. The molecule has 3 nitrogen and oxygen atoms in total. The highest BCUT2D eigenvalue weighted by molar-refractivity contribution is 9.12. The van der Waals surface area contributed by atoms with Gasteiger partial charge in [0.05, 0.1) is 5.92 Å². The molecule has 116 valence electrons. The molecule has 0 aliphatic carbocycles. The number of nitrogens with zero attached hydrogens (tertiary/aromatic N) is 1. The maximum atomic E-state index is 12.5. The number of ether oxygens (including phenoxy) is 1. The number of benzene rings is 2. The predicted octanol–water partition coefficient (Wildman–Crippen LogP) is 4.28. The lowest BCUT2D eigenvalue weighted by molar-refractivity contribution is -0.116. The number of rotatable bonds is 5. The van der Waals surface area contributed by atoms with Gasteiger partial charge in [0, 0.05) is 6.21 Å². The fraction of sp³-hybridized carbons (Fsp3) is 0.158. The molecule has 23 heavy (non-hydrogen) atoms. The second kappa shape index (κ2) is 7.38. The van der Waals surface area contributed by atoms with Crippen molar-refractivity contribution in [3.05, 3.63) is 82.2 Å². The number of aliphatic imine (C=N–C) groups is 1. The number of Topliss-reactive ketones (excluding diaryl/α,β-unsaturated/α-hetero) is 1. The highest BCUT2D eigenvalue weighted by Gasteiger charge is 2.27. The largest absolute Gasteiger partial charge is 0.472 e. The van der Waals surface area contributed by atoms with Gasteiger partial charge >= 0.3 is 0 Å². The van der Waals surface area contributed by atoms with Crippen LogP contribution in [0, 0.1) is 5.92 Å². The number of halogens is 1. The number of carbonyl (C=O) groups is 1. The van der Waals surface area contributed by atoms with Crippen molar-refractivity contribution in [2.24, 2.45) is 10.9 Å². The van der Waals surface area contributed by atoms with Gasteiger partial charge in [-0.1, -0.05) is 60.7 Å². The first-order valence-electron chi connectivity index (χ1n) is 7.43. The van der Waals surface area contributed by atoms with Crippen LogP contribution in [-0.2, 0) is 22.6 Å². The van der Waals surface area contributed by atoms with E-state index in [1.54, 1.807) is 6.21 Å². The van der Waals surface area contributed by atoms with Crippen LogP contribution in [-0.4, -0.2) is 12.0 Å². The number of ketones is 1. The maximum Gasteiger partial charge on any atom is 0.231 e. The predicted molar refractivity (Wildman–Crippen MR) is 94.3 cm³/mol. The Bertz CT molecular complexity index is 738. The van der Waals surface area contributed by atoms with Gasteiger partial charge in [-0.3, -0.25) is 4.79 Å². The molecule has 1 aliphatic rings. The Morgan fingerprint density at radius 3 is 2.22 bits per heavy atom. The number of hydrogen-bond acceptors (Lipinski definition) is 3. The van der Waals surface area contributed by atoms with E-state index in [2.05, 4.69) is 20.9 Å². The van der Waals surface area contributed by atoms with Crippen LogP contribution in [0.1, 0.15) is 11.1 Å². The highest BCUT2D eigenvalue weighted by atomic mass is 79.9. The molecular formula is C19H16BrNO2. The van der Waals surface area contributed by atoms with Crippen LogP contribution >= 0.6 is 15.9 Å². The summed E-state index contributed by atoms with van der Waals surface area (Å²) in [5.41, 5.74) is 2.15. The van der Waals surface area contributed by atoms with Crippen molar-refractivity contribution < 1.29 is 9.53 Å². The van der Waals surface area contributed by atoms with Gasteiger partial charge in [-0.05, 0) is 33.5 Å². The Morgan fingerprint density at radius 2 is 1.57 bits per heavy atom. The SMILES string of the molecule is O=C1C(Br)=C(OCc2ccccc2)N=CC1Cc1ccccc1. The lowest BCUT2D eigenvalue weighted by Gasteiger charge is -2.17. The van der Waals surface area contributed by atoms with Gasteiger partial charge in [-0.15, -0.1) is 0 Å². The Morgan fingerprint density at radius 1 is 0.957 bits per heavy atom. The van der Waals surface area contributed by atoms with Gasteiger partial charge in [0.15, 0.2) is 5.78 Å². The van der Waals surface area contributed by atoms with E-state index in [0.717, 1.165) is 11.1 Å². The monoisotopic (exact) mass is 369 g/mol. The van der Waals surface area contributed by atoms with Crippen LogP contribution < -0.4 is 0 Å². The van der Waals surface area contributed by atoms with Gasteiger partial charge in [0.2, 0.25) is 5.88 Å². The zero-order chi connectivity index (χ0) is 16.1. The van der Waals surface area contributed by atoms with Gasteiger partial charge in [0.1, 0.15) is 11.1 Å². The molecule has 0 saturated carbocycles. The number of carbonyl (C=O) groups excluding carboxylic acids is 1. The number of allylic oxidation sites excluding steroid dienone is 1. The lowest BCUT2D eigenvalue weighted by atomic mass is 9.95. The summed E-state index contributed by atoms with van der Waals surface area (Å²) < 4.78 is 6.08. The maximum absolute atomic E-state index is 12.5. The minimum atomic E-state index is -0.254. The second-order valence-corrected chi connectivity index (χ2v) is 6.13. The standard InChI is InChI=1S/C19H16BrNO2/c20-17-18(22)16(11-14-7-3-1-4-8-14)12-21-19(17)23-13-15-9-5-2-6-10-15/h1-10,12,16H,11,13H2. The molecule has 1 unspecified atom stereocenters.